The minimum absolute atomic E-state index is 0.123. The van der Waals surface area contributed by atoms with Gasteiger partial charge in [-0.25, -0.2) is 0 Å². The molecule has 0 aromatic heterocycles. The normalized spacial score (nSPS) is 28.1. The molecule has 1 aliphatic carbocycles. The molecule has 6 heteroatoms. The van der Waals surface area contributed by atoms with Gasteiger partial charge in [-0.15, -0.1) is 0 Å². The number of esters is 2. The Bertz CT molecular complexity index is 707. The molecule has 4 atom stereocenters. The van der Waals surface area contributed by atoms with E-state index in [1.807, 2.05) is 30.3 Å². The van der Waals surface area contributed by atoms with Gasteiger partial charge in [0.25, 0.3) is 0 Å². The van der Waals surface area contributed by atoms with Crippen molar-refractivity contribution in [2.24, 2.45) is 17.8 Å². The van der Waals surface area contributed by atoms with Crippen molar-refractivity contribution in [1.82, 2.24) is 0 Å². The molecule has 6 nitrogen and oxygen atoms in total. The first-order valence-corrected chi connectivity index (χ1v) is 9.13. The average Bonchev–Trinajstić information content (AvgIpc) is 2.59. The van der Waals surface area contributed by atoms with Crippen LogP contribution in [0.1, 0.15) is 32.8 Å². The summed E-state index contributed by atoms with van der Waals surface area (Å²) in [5.41, 5.74) is -0.765. The Morgan fingerprint density at radius 3 is 2.33 bits per heavy atom. The first-order chi connectivity index (χ1) is 12.8. The van der Waals surface area contributed by atoms with Crippen molar-refractivity contribution < 1.29 is 29.0 Å². The second kappa shape index (κ2) is 8.95. The molecular formula is C21H26O6. The number of Topliss-reactive ketones (excluding diaryl/α,β-unsaturated/α-hetero) is 1. The van der Waals surface area contributed by atoms with Crippen LogP contribution in [0.3, 0.4) is 0 Å². The van der Waals surface area contributed by atoms with E-state index in [9.17, 15) is 19.5 Å². The molecule has 1 aliphatic rings. The van der Waals surface area contributed by atoms with E-state index in [4.69, 9.17) is 9.47 Å². The zero-order chi connectivity index (χ0) is 20.0. The summed E-state index contributed by atoms with van der Waals surface area (Å²) in [6, 6.07) is 9.30. The Balaban J connectivity index is 2.48. The Labute approximate surface area is 159 Å². The molecule has 1 fully saturated rings. The van der Waals surface area contributed by atoms with E-state index >= 15 is 0 Å². The second-order valence-electron chi connectivity index (χ2n) is 6.81. The third-order valence-electron chi connectivity index (χ3n) is 4.71. The summed E-state index contributed by atoms with van der Waals surface area (Å²) in [6.45, 7) is 5.01. The molecule has 0 amide bonds. The maximum absolute atomic E-state index is 12.6. The van der Waals surface area contributed by atoms with Gasteiger partial charge in [-0.3, -0.25) is 14.4 Å². The standard InChI is InChI=1S/C21H26O6/c1-4-26-19(23)17-15(12-11-14-9-7-6-8-10-14)18(20(24)27-5-2)21(3,25)13-16(17)22/h6-12,15,17-18,25H,4-5,13H2,1-3H3/b12-11+/t15-,17-,18-,21-/m1/s1. The summed E-state index contributed by atoms with van der Waals surface area (Å²) in [5.74, 6) is -4.83. The third-order valence-corrected chi connectivity index (χ3v) is 4.71. The van der Waals surface area contributed by atoms with Gasteiger partial charge in [0.15, 0.2) is 5.78 Å². The number of benzene rings is 1. The van der Waals surface area contributed by atoms with Gasteiger partial charge in [-0.05, 0) is 26.3 Å². The highest BCUT2D eigenvalue weighted by atomic mass is 16.5. The summed E-state index contributed by atoms with van der Waals surface area (Å²) in [5, 5.41) is 10.8. The number of carbonyl (C=O) groups is 3. The van der Waals surface area contributed by atoms with Gasteiger partial charge in [0, 0.05) is 12.3 Å². The third kappa shape index (κ3) is 4.83. The lowest BCUT2D eigenvalue weighted by atomic mass is 9.63. The molecule has 27 heavy (non-hydrogen) atoms. The zero-order valence-corrected chi connectivity index (χ0v) is 15.9. The van der Waals surface area contributed by atoms with Crippen molar-refractivity contribution >= 4 is 23.8 Å². The van der Waals surface area contributed by atoms with Gasteiger partial charge in [-0.1, -0.05) is 42.5 Å². The van der Waals surface area contributed by atoms with Gasteiger partial charge < -0.3 is 14.6 Å². The second-order valence-corrected chi connectivity index (χ2v) is 6.81. The molecular weight excluding hydrogens is 348 g/mol. The lowest BCUT2D eigenvalue weighted by Crippen LogP contribution is -2.55. The van der Waals surface area contributed by atoms with Gasteiger partial charge >= 0.3 is 11.9 Å². The maximum Gasteiger partial charge on any atom is 0.317 e. The molecule has 0 aliphatic heterocycles. The molecule has 0 saturated heterocycles. The monoisotopic (exact) mass is 374 g/mol. The number of hydrogen-bond donors (Lipinski definition) is 1. The van der Waals surface area contributed by atoms with Crippen LogP contribution in [0.25, 0.3) is 6.08 Å². The molecule has 1 saturated carbocycles. The molecule has 146 valence electrons. The van der Waals surface area contributed by atoms with Crippen LogP contribution in [-0.4, -0.2) is 41.6 Å². The van der Waals surface area contributed by atoms with Crippen LogP contribution >= 0.6 is 0 Å². The van der Waals surface area contributed by atoms with E-state index in [2.05, 4.69) is 0 Å². The summed E-state index contributed by atoms with van der Waals surface area (Å²) in [6.07, 6.45) is 3.05. The summed E-state index contributed by atoms with van der Waals surface area (Å²) >= 11 is 0. The fraction of sp³-hybridized carbons (Fsp3) is 0.476. The fourth-order valence-corrected chi connectivity index (χ4v) is 3.57. The predicted octanol–water partition coefficient (Wildman–Crippen LogP) is 2.40. The van der Waals surface area contributed by atoms with E-state index in [0.717, 1.165) is 5.56 Å². The first-order valence-electron chi connectivity index (χ1n) is 9.13. The van der Waals surface area contributed by atoms with Crippen molar-refractivity contribution in [2.45, 2.75) is 32.8 Å². The molecule has 0 spiro atoms. The molecule has 0 heterocycles. The SMILES string of the molecule is CCOC(=O)[C@H]1C(=O)C[C@@](C)(O)[C@@H](C(=O)OCC)[C@@H]1/C=C/c1ccccc1. The topological polar surface area (TPSA) is 89.9 Å². The predicted molar refractivity (Wildman–Crippen MR) is 99.5 cm³/mol. The van der Waals surface area contributed by atoms with E-state index in [1.165, 1.54) is 6.92 Å². The minimum atomic E-state index is -1.61. The molecule has 2 rings (SSSR count). The lowest BCUT2D eigenvalue weighted by Gasteiger charge is -2.42. The summed E-state index contributed by atoms with van der Waals surface area (Å²) < 4.78 is 10.2. The van der Waals surface area contributed by atoms with Crippen LogP contribution in [0.2, 0.25) is 0 Å². The van der Waals surface area contributed by atoms with Crippen molar-refractivity contribution in [3.8, 4) is 0 Å². The number of ether oxygens (including phenoxy) is 2. The zero-order valence-electron chi connectivity index (χ0n) is 15.9. The highest BCUT2D eigenvalue weighted by molar-refractivity contribution is 6.02. The Morgan fingerprint density at radius 1 is 1.15 bits per heavy atom. The average molecular weight is 374 g/mol. The molecule has 1 aromatic rings. The van der Waals surface area contributed by atoms with E-state index in [-0.39, 0.29) is 19.6 Å². The van der Waals surface area contributed by atoms with Gasteiger partial charge in [0.2, 0.25) is 0 Å². The maximum atomic E-state index is 12.6. The van der Waals surface area contributed by atoms with Crippen molar-refractivity contribution in [3.05, 3.63) is 42.0 Å². The summed E-state index contributed by atoms with van der Waals surface area (Å²) in [4.78, 5) is 37.7. The Kier molecular flexibility index (Phi) is 6.91. The largest absolute Gasteiger partial charge is 0.466 e. The van der Waals surface area contributed by atoms with Gasteiger partial charge in [-0.2, -0.15) is 0 Å². The van der Waals surface area contributed by atoms with Crippen LogP contribution in [0.5, 0.6) is 0 Å². The number of hydrogen-bond acceptors (Lipinski definition) is 6. The van der Waals surface area contributed by atoms with Crippen molar-refractivity contribution in [2.75, 3.05) is 13.2 Å². The van der Waals surface area contributed by atoms with E-state index in [0.29, 0.717) is 0 Å². The van der Waals surface area contributed by atoms with Gasteiger partial charge in [0.05, 0.1) is 24.7 Å². The molecule has 0 unspecified atom stereocenters. The van der Waals surface area contributed by atoms with Crippen LogP contribution in [0.15, 0.2) is 36.4 Å². The number of rotatable bonds is 6. The lowest BCUT2D eigenvalue weighted by molar-refractivity contribution is -0.174. The number of ketones is 1. The Hall–Kier alpha value is -2.47. The number of carbonyl (C=O) groups excluding carboxylic acids is 3. The van der Waals surface area contributed by atoms with Crippen molar-refractivity contribution in [3.63, 3.8) is 0 Å². The van der Waals surface area contributed by atoms with Crippen molar-refractivity contribution in [1.29, 1.82) is 0 Å². The number of allylic oxidation sites excluding steroid dienone is 1. The highest BCUT2D eigenvalue weighted by Crippen LogP contribution is 2.42. The molecule has 0 radical (unpaired) electrons. The first kappa shape index (κ1) is 20.8. The smallest absolute Gasteiger partial charge is 0.317 e. The van der Waals surface area contributed by atoms with E-state index in [1.54, 1.807) is 26.0 Å². The number of aliphatic hydroxyl groups is 1. The van der Waals surface area contributed by atoms with Gasteiger partial charge in [0.1, 0.15) is 5.92 Å². The minimum Gasteiger partial charge on any atom is -0.466 e. The van der Waals surface area contributed by atoms with Crippen LogP contribution < -0.4 is 0 Å². The van der Waals surface area contributed by atoms with Crippen LogP contribution in [-0.2, 0) is 23.9 Å². The molecule has 1 N–H and O–H groups in total. The molecule has 0 bridgehead atoms. The quantitative estimate of drug-likeness (QED) is 0.607. The van der Waals surface area contributed by atoms with Crippen LogP contribution in [0, 0.1) is 17.8 Å². The van der Waals surface area contributed by atoms with E-state index < -0.39 is 41.1 Å². The Morgan fingerprint density at radius 2 is 1.74 bits per heavy atom. The fourth-order valence-electron chi connectivity index (χ4n) is 3.57. The summed E-state index contributed by atoms with van der Waals surface area (Å²) in [7, 11) is 0. The highest BCUT2D eigenvalue weighted by Gasteiger charge is 2.55. The molecule has 1 aromatic carbocycles. The van der Waals surface area contributed by atoms with Crippen LogP contribution in [0.4, 0.5) is 0 Å².